The predicted molar refractivity (Wildman–Crippen MR) is 89.2 cm³/mol. The Kier molecular flexibility index (Phi) is 3.97. The molecule has 1 fully saturated rings. The highest BCUT2D eigenvalue weighted by molar-refractivity contribution is 6.04. The first-order chi connectivity index (χ1) is 12.2. The van der Waals surface area contributed by atoms with Crippen LogP contribution < -0.4 is 20.8 Å². The molecule has 1 aromatic carbocycles. The summed E-state index contributed by atoms with van der Waals surface area (Å²) in [6, 6.07) is 7.71. The SMILES string of the molecule is O=C1N=c2ccc(NC(=O)c3ccnc(OC4CCCC4)c3)cc2=N1. The molecule has 1 saturated carbocycles. The van der Waals surface area contributed by atoms with E-state index in [1.54, 1.807) is 36.5 Å². The molecule has 0 bridgehead atoms. The second-order valence-electron chi connectivity index (χ2n) is 6.07. The summed E-state index contributed by atoms with van der Waals surface area (Å²) in [5, 5.41) is 3.76. The average Bonchev–Trinajstić information content (AvgIpc) is 3.23. The summed E-state index contributed by atoms with van der Waals surface area (Å²) in [4.78, 5) is 35.4. The Morgan fingerprint density at radius 1 is 1.08 bits per heavy atom. The summed E-state index contributed by atoms with van der Waals surface area (Å²) < 4.78 is 5.83. The molecule has 126 valence electrons. The van der Waals surface area contributed by atoms with Gasteiger partial charge in [0.05, 0.1) is 10.7 Å². The Morgan fingerprint density at radius 3 is 2.72 bits per heavy atom. The topological polar surface area (TPSA) is 93.0 Å². The Balaban J connectivity index is 1.50. The van der Waals surface area contributed by atoms with Crippen LogP contribution in [0.2, 0.25) is 0 Å². The largest absolute Gasteiger partial charge is 0.474 e. The average molecular weight is 336 g/mol. The maximum Gasteiger partial charge on any atom is 0.368 e. The summed E-state index contributed by atoms with van der Waals surface area (Å²) in [5.41, 5.74) is 1.01. The predicted octanol–water partition coefficient (Wildman–Crippen LogP) is 2.03. The minimum atomic E-state index is -0.527. The Labute approximate surface area is 143 Å². The lowest BCUT2D eigenvalue weighted by molar-refractivity contribution is 0.102. The molecule has 25 heavy (non-hydrogen) atoms. The second kappa shape index (κ2) is 6.43. The maximum atomic E-state index is 12.5. The van der Waals surface area contributed by atoms with E-state index >= 15 is 0 Å². The van der Waals surface area contributed by atoms with Crippen molar-refractivity contribution in [1.29, 1.82) is 0 Å². The first kappa shape index (κ1) is 15.4. The highest BCUT2D eigenvalue weighted by Crippen LogP contribution is 2.23. The smallest absolute Gasteiger partial charge is 0.368 e. The van der Waals surface area contributed by atoms with Crippen molar-refractivity contribution in [3.05, 3.63) is 52.8 Å². The summed E-state index contributed by atoms with van der Waals surface area (Å²) in [5.74, 6) is 0.188. The number of hydrogen-bond acceptors (Lipinski definition) is 4. The molecule has 7 nitrogen and oxygen atoms in total. The number of pyridine rings is 1. The minimum Gasteiger partial charge on any atom is -0.474 e. The number of fused-ring (bicyclic) bond motifs is 1. The van der Waals surface area contributed by atoms with Gasteiger partial charge in [-0.1, -0.05) is 0 Å². The molecule has 0 spiro atoms. The van der Waals surface area contributed by atoms with Gasteiger partial charge in [0.2, 0.25) is 5.88 Å². The molecule has 2 heterocycles. The third-order valence-electron chi connectivity index (χ3n) is 4.25. The number of nitrogens with one attached hydrogen (secondary N) is 1. The normalized spacial score (nSPS) is 16.1. The molecule has 2 aliphatic rings. The number of nitrogens with zero attached hydrogens (tertiary/aromatic N) is 3. The van der Waals surface area contributed by atoms with Gasteiger partial charge >= 0.3 is 6.03 Å². The first-order valence-corrected chi connectivity index (χ1v) is 8.23. The molecule has 0 radical (unpaired) electrons. The van der Waals surface area contributed by atoms with E-state index in [9.17, 15) is 9.59 Å². The standard InChI is InChI=1S/C18H16N4O3/c23-17(20-12-5-6-14-15(10-12)22-18(24)21-14)11-7-8-19-16(9-11)25-13-3-1-2-4-13/h5-10,13H,1-4H2,(H,20,23). The Morgan fingerprint density at radius 2 is 1.88 bits per heavy atom. The number of ether oxygens (including phenoxy) is 1. The van der Waals surface area contributed by atoms with Gasteiger partial charge in [-0.3, -0.25) is 4.79 Å². The number of hydrogen-bond donors (Lipinski definition) is 1. The van der Waals surface area contributed by atoms with E-state index < -0.39 is 6.03 Å². The van der Waals surface area contributed by atoms with Gasteiger partial charge in [0, 0.05) is 23.5 Å². The van der Waals surface area contributed by atoms with Crippen molar-refractivity contribution >= 4 is 17.6 Å². The molecule has 0 atom stereocenters. The fourth-order valence-corrected chi connectivity index (χ4v) is 3.01. The van der Waals surface area contributed by atoms with Crippen molar-refractivity contribution in [2.24, 2.45) is 9.98 Å². The lowest BCUT2D eigenvalue weighted by Gasteiger charge is -2.12. The molecule has 1 aliphatic carbocycles. The molecule has 1 aromatic heterocycles. The summed E-state index contributed by atoms with van der Waals surface area (Å²) in [6.45, 7) is 0. The van der Waals surface area contributed by atoms with Crippen molar-refractivity contribution in [1.82, 2.24) is 4.98 Å². The van der Waals surface area contributed by atoms with E-state index in [-0.39, 0.29) is 12.0 Å². The van der Waals surface area contributed by atoms with Crippen LogP contribution in [0.3, 0.4) is 0 Å². The third kappa shape index (κ3) is 3.40. The van der Waals surface area contributed by atoms with Crippen LogP contribution in [0.1, 0.15) is 36.0 Å². The van der Waals surface area contributed by atoms with Crippen LogP contribution in [-0.4, -0.2) is 23.0 Å². The fraction of sp³-hybridized carbons (Fsp3) is 0.278. The number of rotatable bonds is 4. The third-order valence-corrected chi connectivity index (χ3v) is 4.25. The maximum absolute atomic E-state index is 12.5. The lowest BCUT2D eigenvalue weighted by atomic mass is 10.2. The van der Waals surface area contributed by atoms with Gasteiger partial charge in [0.15, 0.2) is 0 Å². The van der Waals surface area contributed by atoms with Crippen LogP contribution in [0, 0.1) is 0 Å². The second-order valence-corrected chi connectivity index (χ2v) is 6.07. The molecule has 1 aliphatic heterocycles. The zero-order valence-corrected chi connectivity index (χ0v) is 13.4. The van der Waals surface area contributed by atoms with Crippen molar-refractivity contribution in [3.8, 4) is 5.88 Å². The van der Waals surface area contributed by atoms with Gasteiger partial charge in [-0.05, 0) is 49.9 Å². The number of amides is 3. The Bertz CT molecular complexity index is 965. The number of carbonyl (C=O) groups excluding carboxylic acids is 2. The van der Waals surface area contributed by atoms with Gasteiger partial charge in [-0.25, -0.2) is 9.78 Å². The highest BCUT2D eigenvalue weighted by Gasteiger charge is 2.18. The van der Waals surface area contributed by atoms with Gasteiger partial charge in [-0.15, -0.1) is 0 Å². The van der Waals surface area contributed by atoms with Crippen LogP contribution in [0.15, 0.2) is 46.5 Å². The zero-order chi connectivity index (χ0) is 17.2. The van der Waals surface area contributed by atoms with Gasteiger partial charge in [0.1, 0.15) is 6.10 Å². The molecular weight excluding hydrogens is 320 g/mol. The van der Waals surface area contributed by atoms with Gasteiger partial charge in [-0.2, -0.15) is 9.98 Å². The van der Waals surface area contributed by atoms with Crippen LogP contribution in [-0.2, 0) is 0 Å². The molecule has 4 rings (SSSR count). The minimum absolute atomic E-state index is 0.186. The zero-order valence-electron chi connectivity index (χ0n) is 13.4. The molecule has 2 aromatic rings. The number of urea groups is 1. The number of aromatic nitrogens is 1. The van der Waals surface area contributed by atoms with Crippen LogP contribution in [0.25, 0.3) is 0 Å². The number of anilines is 1. The van der Waals surface area contributed by atoms with Crippen LogP contribution in [0.5, 0.6) is 5.88 Å². The first-order valence-electron chi connectivity index (χ1n) is 8.23. The summed E-state index contributed by atoms with van der Waals surface area (Å²) >= 11 is 0. The van der Waals surface area contributed by atoms with Gasteiger partial charge in [0.25, 0.3) is 5.91 Å². The van der Waals surface area contributed by atoms with E-state index in [1.807, 2.05) is 0 Å². The monoisotopic (exact) mass is 336 g/mol. The molecule has 1 N–H and O–H groups in total. The summed E-state index contributed by atoms with van der Waals surface area (Å²) in [6.07, 6.45) is 6.15. The van der Waals surface area contributed by atoms with E-state index in [0.29, 0.717) is 27.8 Å². The van der Waals surface area contributed by atoms with E-state index in [1.165, 1.54) is 12.8 Å². The van der Waals surface area contributed by atoms with E-state index in [2.05, 4.69) is 20.3 Å². The van der Waals surface area contributed by atoms with Crippen molar-refractivity contribution < 1.29 is 14.3 Å². The van der Waals surface area contributed by atoms with E-state index in [4.69, 9.17) is 4.74 Å². The quantitative estimate of drug-likeness (QED) is 0.924. The van der Waals surface area contributed by atoms with Crippen LogP contribution in [0.4, 0.5) is 10.5 Å². The Hall–Kier alpha value is -3.09. The van der Waals surface area contributed by atoms with Crippen LogP contribution >= 0.6 is 0 Å². The lowest BCUT2D eigenvalue weighted by Crippen LogP contribution is -2.23. The highest BCUT2D eigenvalue weighted by atomic mass is 16.5. The number of carbonyl (C=O) groups is 2. The van der Waals surface area contributed by atoms with Crippen molar-refractivity contribution in [2.75, 3.05) is 5.32 Å². The van der Waals surface area contributed by atoms with Gasteiger partial charge < -0.3 is 10.1 Å². The molecular formula is C18H16N4O3. The van der Waals surface area contributed by atoms with E-state index in [0.717, 1.165) is 12.8 Å². The molecule has 0 unspecified atom stereocenters. The number of benzene rings is 1. The van der Waals surface area contributed by atoms with Crippen molar-refractivity contribution in [3.63, 3.8) is 0 Å². The summed E-state index contributed by atoms with van der Waals surface area (Å²) in [7, 11) is 0. The fourth-order valence-electron chi connectivity index (χ4n) is 3.01. The molecule has 0 saturated heterocycles. The molecule has 7 heteroatoms. The van der Waals surface area contributed by atoms with Crippen molar-refractivity contribution in [2.45, 2.75) is 31.8 Å². The molecule has 3 amide bonds.